The van der Waals surface area contributed by atoms with Gasteiger partial charge in [-0.15, -0.1) is 0 Å². The van der Waals surface area contributed by atoms with Crippen molar-refractivity contribution in [3.8, 4) is 23.0 Å². The quantitative estimate of drug-likeness (QED) is 0.0585. The number of aliphatic hydroxyl groups is 7. The van der Waals surface area contributed by atoms with Crippen molar-refractivity contribution in [2.75, 3.05) is 26.9 Å². The van der Waals surface area contributed by atoms with Gasteiger partial charge in [0.05, 0.1) is 33.0 Å². The molecule has 14 atom stereocenters. The van der Waals surface area contributed by atoms with Crippen molar-refractivity contribution in [1.82, 2.24) is 0 Å². The number of phenolic OH excluding ortho intramolecular Hbond substituents is 3. The number of esters is 1. The topological polar surface area (TPSA) is 293 Å². The van der Waals surface area contributed by atoms with Gasteiger partial charge in [0.15, 0.2) is 48.0 Å². The normalized spacial score (nSPS) is 35.9. The summed E-state index contributed by atoms with van der Waals surface area (Å²) in [5.74, 6) is -1.74. The Hall–Kier alpha value is -3.67. The number of aliphatic hydroxyl groups excluding tert-OH is 7. The second-order valence-corrected chi connectivity index (χ2v) is 13.0. The van der Waals surface area contributed by atoms with E-state index in [1.54, 1.807) is 0 Å². The van der Waals surface area contributed by atoms with Gasteiger partial charge in [0.25, 0.3) is 0 Å². The fourth-order valence-corrected chi connectivity index (χ4v) is 6.09. The number of hydrogen-bond donors (Lipinski definition) is 10. The first-order valence-corrected chi connectivity index (χ1v) is 17.0. The molecule has 0 unspecified atom stereocenters. The summed E-state index contributed by atoms with van der Waals surface area (Å²) in [5.41, 5.74) is 0.951. The number of carbonyl (C=O) groups is 1. The molecule has 3 aliphatic heterocycles. The summed E-state index contributed by atoms with van der Waals surface area (Å²) in [4.78, 5) is 13.3. The number of aromatic hydroxyl groups is 3. The number of ether oxygens (including phenoxy) is 8. The van der Waals surface area contributed by atoms with Gasteiger partial charge in [0.2, 0.25) is 0 Å². The summed E-state index contributed by atoms with van der Waals surface area (Å²) in [6.45, 7) is -0.0528. The van der Waals surface area contributed by atoms with Crippen LogP contribution in [0.5, 0.6) is 23.0 Å². The molecule has 3 heterocycles. The third-order valence-electron chi connectivity index (χ3n) is 9.20. The Balaban J connectivity index is 1.48. The van der Waals surface area contributed by atoms with E-state index in [1.807, 2.05) is 0 Å². The molecule has 0 aromatic heterocycles. The van der Waals surface area contributed by atoms with Crippen LogP contribution in [-0.4, -0.2) is 170 Å². The number of benzene rings is 2. The van der Waals surface area contributed by atoms with Gasteiger partial charge in [0, 0.05) is 6.08 Å². The molecule has 3 saturated heterocycles. The van der Waals surface area contributed by atoms with E-state index >= 15 is 0 Å². The first-order chi connectivity index (χ1) is 25.7. The lowest BCUT2D eigenvalue weighted by Crippen LogP contribution is -2.67. The standard InChI is InChI=1S/C35H46O19/c1-15-25(42)27(44)29(46)34(50-15)53-31-30(52-24(41)8-5-16-4-7-19(38)22(12-16)47-2)23(13-36)51-35(48-10-9-17-3-6-18(37)20(39)11-17)32(31)54-33-28(45)26(43)21(40)14-49-33/h3-8,11-12,15,21,23,25-40,42-46H,9-10,13-14H2,1-2H3/t15-,21-,23+,25-,26-,27+,28+,29+,30+,31-,32+,33-,34-,35+/m0/s1. The van der Waals surface area contributed by atoms with Gasteiger partial charge in [-0.1, -0.05) is 12.1 Å². The molecule has 54 heavy (non-hydrogen) atoms. The minimum atomic E-state index is -1.87. The van der Waals surface area contributed by atoms with Crippen molar-refractivity contribution < 1.29 is 93.8 Å². The molecule has 19 heteroatoms. The lowest BCUT2D eigenvalue weighted by atomic mass is 9.96. The van der Waals surface area contributed by atoms with E-state index in [2.05, 4.69) is 0 Å². The third kappa shape index (κ3) is 9.58. The zero-order valence-electron chi connectivity index (χ0n) is 29.2. The number of rotatable bonds is 13. The molecule has 0 amide bonds. The third-order valence-corrected chi connectivity index (χ3v) is 9.20. The van der Waals surface area contributed by atoms with Crippen LogP contribution in [0.15, 0.2) is 42.5 Å². The first kappa shape index (κ1) is 41.5. The van der Waals surface area contributed by atoms with E-state index in [0.717, 1.165) is 6.08 Å². The van der Waals surface area contributed by atoms with Gasteiger partial charge < -0.3 is 89.0 Å². The summed E-state index contributed by atoms with van der Waals surface area (Å²) < 4.78 is 46.2. The van der Waals surface area contributed by atoms with Crippen molar-refractivity contribution >= 4 is 12.0 Å². The van der Waals surface area contributed by atoms with Gasteiger partial charge in [-0.2, -0.15) is 0 Å². The molecule has 2 aromatic rings. The summed E-state index contributed by atoms with van der Waals surface area (Å²) in [7, 11) is 1.34. The van der Waals surface area contributed by atoms with Crippen molar-refractivity contribution in [1.29, 1.82) is 0 Å². The minimum absolute atomic E-state index is 0.125. The Morgan fingerprint density at radius 3 is 2.20 bits per heavy atom. The maximum atomic E-state index is 13.3. The fourth-order valence-electron chi connectivity index (χ4n) is 6.09. The summed E-state index contributed by atoms with van der Waals surface area (Å²) in [6.07, 6.45) is -20.1. The van der Waals surface area contributed by atoms with Crippen LogP contribution in [-0.2, 0) is 44.4 Å². The molecular weight excluding hydrogens is 724 g/mol. The van der Waals surface area contributed by atoms with Crippen LogP contribution in [0, 0.1) is 0 Å². The predicted molar refractivity (Wildman–Crippen MR) is 179 cm³/mol. The minimum Gasteiger partial charge on any atom is -0.504 e. The average molecular weight is 771 g/mol. The van der Waals surface area contributed by atoms with Crippen molar-refractivity contribution in [3.05, 3.63) is 53.6 Å². The van der Waals surface area contributed by atoms with Crippen LogP contribution < -0.4 is 4.74 Å². The zero-order valence-corrected chi connectivity index (χ0v) is 29.2. The van der Waals surface area contributed by atoms with Crippen LogP contribution in [0.25, 0.3) is 6.08 Å². The smallest absolute Gasteiger partial charge is 0.331 e. The lowest BCUT2D eigenvalue weighted by Gasteiger charge is -2.49. The molecule has 0 spiro atoms. The molecule has 0 saturated carbocycles. The number of carbonyl (C=O) groups excluding carboxylic acids is 1. The number of hydrogen-bond acceptors (Lipinski definition) is 19. The highest BCUT2D eigenvalue weighted by atomic mass is 16.8. The molecule has 3 aliphatic rings. The molecule has 300 valence electrons. The maximum Gasteiger partial charge on any atom is 0.331 e. The molecule has 5 rings (SSSR count). The monoisotopic (exact) mass is 770 g/mol. The van der Waals surface area contributed by atoms with Gasteiger partial charge in [-0.25, -0.2) is 4.79 Å². The summed E-state index contributed by atoms with van der Waals surface area (Å²) in [5, 5.41) is 103. The highest BCUT2D eigenvalue weighted by Crippen LogP contribution is 2.35. The molecule has 19 nitrogen and oxygen atoms in total. The number of phenols is 3. The molecule has 0 aliphatic carbocycles. The Labute approximate surface area is 308 Å². The number of methoxy groups -OCH3 is 1. The highest BCUT2D eigenvalue weighted by molar-refractivity contribution is 5.87. The Kier molecular flexibility index (Phi) is 14.1. The van der Waals surface area contributed by atoms with Crippen molar-refractivity contribution in [3.63, 3.8) is 0 Å². The second kappa shape index (κ2) is 18.3. The van der Waals surface area contributed by atoms with Gasteiger partial charge in [-0.05, 0) is 54.8 Å². The predicted octanol–water partition coefficient (Wildman–Crippen LogP) is -2.25. The van der Waals surface area contributed by atoms with Gasteiger partial charge in [-0.3, -0.25) is 0 Å². The molecule has 3 fully saturated rings. The maximum absolute atomic E-state index is 13.3. The molecular formula is C35H46O19. The van der Waals surface area contributed by atoms with E-state index in [-0.39, 0.29) is 36.0 Å². The Bertz CT molecular complexity index is 1570. The van der Waals surface area contributed by atoms with Crippen LogP contribution in [0.4, 0.5) is 0 Å². The summed E-state index contributed by atoms with van der Waals surface area (Å²) in [6, 6.07) is 8.37. The van der Waals surface area contributed by atoms with Gasteiger partial charge >= 0.3 is 5.97 Å². The second-order valence-electron chi connectivity index (χ2n) is 13.0. The zero-order chi connectivity index (χ0) is 39.3. The first-order valence-electron chi connectivity index (χ1n) is 17.0. The van der Waals surface area contributed by atoms with Crippen molar-refractivity contribution in [2.24, 2.45) is 0 Å². The van der Waals surface area contributed by atoms with Gasteiger partial charge in [0.1, 0.15) is 54.9 Å². The Morgan fingerprint density at radius 1 is 0.796 bits per heavy atom. The average Bonchev–Trinajstić information content (AvgIpc) is 3.15. The molecule has 2 aromatic carbocycles. The Morgan fingerprint density at radius 2 is 1.50 bits per heavy atom. The van der Waals surface area contributed by atoms with Crippen LogP contribution in [0.1, 0.15) is 18.1 Å². The highest BCUT2D eigenvalue weighted by Gasteiger charge is 2.55. The summed E-state index contributed by atoms with van der Waals surface area (Å²) >= 11 is 0. The molecule has 0 radical (unpaired) electrons. The van der Waals surface area contributed by atoms with E-state index in [9.17, 15) is 55.9 Å². The van der Waals surface area contributed by atoms with Crippen molar-refractivity contribution in [2.45, 2.75) is 99.4 Å². The largest absolute Gasteiger partial charge is 0.504 e. The SMILES string of the molecule is COc1cc(C=CC(=O)O[C@H]2[C@H](O[C@@H]3O[C@@H](C)[C@H](O)[C@@H](O)[C@H]3O)[C@@H](O[C@@H]3OC[C@H](O)[C@H](O)[C@H]3O)[C@H](OCCc3ccc(O)c(O)c3)O[C@@H]2CO)ccc1O. The lowest BCUT2D eigenvalue weighted by molar-refractivity contribution is -0.385. The van der Waals surface area contributed by atoms with Crippen LogP contribution in [0.2, 0.25) is 0 Å². The molecule has 0 bridgehead atoms. The van der Waals surface area contributed by atoms with Crippen LogP contribution in [0.3, 0.4) is 0 Å². The van der Waals surface area contributed by atoms with E-state index in [4.69, 9.17) is 37.9 Å². The fraction of sp³-hybridized carbons (Fsp3) is 0.571. The van der Waals surface area contributed by atoms with E-state index < -0.39 is 105 Å². The van der Waals surface area contributed by atoms with E-state index in [1.165, 1.54) is 56.5 Å². The molecule has 10 N–H and O–H groups in total. The van der Waals surface area contributed by atoms with Crippen LogP contribution >= 0.6 is 0 Å². The van der Waals surface area contributed by atoms with E-state index in [0.29, 0.717) is 11.1 Å².